The zero-order valence-corrected chi connectivity index (χ0v) is 27.4. The number of fused-ring (bicyclic) bond motifs is 3. The Bertz CT molecular complexity index is 1590. The molecule has 3 fully saturated rings. The summed E-state index contributed by atoms with van der Waals surface area (Å²) in [4.78, 5) is 32.6. The van der Waals surface area contributed by atoms with Gasteiger partial charge in [0.15, 0.2) is 0 Å². The van der Waals surface area contributed by atoms with Crippen molar-refractivity contribution in [3.8, 4) is 0 Å². The number of carbonyl (C=O) groups is 2. The predicted octanol–water partition coefficient (Wildman–Crippen LogP) is 5.81. The number of amides is 2. The van der Waals surface area contributed by atoms with Gasteiger partial charge in [-0.05, 0) is 80.6 Å². The smallest absolute Gasteiger partial charge is 0.241 e. The lowest BCUT2D eigenvalue weighted by atomic mass is 9.54. The Hall–Kier alpha value is -3.12. The van der Waals surface area contributed by atoms with Crippen LogP contribution in [0.25, 0.3) is 0 Å². The Morgan fingerprint density at radius 3 is 2.59 bits per heavy atom. The van der Waals surface area contributed by atoms with Gasteiger partial charge in [0.2, 0.25) is 23.6 Å². The number of hydrogen-bond acceptors (Lipinski definition) is 8. The third kappa shape index (κ3) is 5.69. The molecule has 4 N–H and O–H groups in total. The summed E-state index contributed by atoms with van der Waals surface area (Å²) >= 11 is 12.2. The molecule has 2 aliphatic carbocycles. The van der Waals surface area contributed by atoms with Crippen molar-refractivity contribution in [2.24, 2.45) is 16.3 Å². The first kappa shape index (κ1) is 32.8. The average molecular weight is 674 g/mol. The van der Waals surface area contributed by atoms with Crippen molar-refractivity contribution in [2.75, 3.05) is 5.32 Å². The number of nitrogens with zero attached hydrogens (tertiary/aromatic N) is 3. The van der Waals surface area contributed by atoms with E-state index in [0.717, 1.165) is 12.8 Å². The van der Waals surface area contributed by atoms with Gasteiger partial charge in [-0.15, -0.1) is 10.2 Å². The first-order valence-electron chi connectivity index (χ1n) is 15.8. The molecule has 3 atom stereocenters. The van der Waals surface area contributed by atoms with Crippen molar-refractivity contribution in [1.82, 2.24) is 20.8 Å². The fraction of sp³-hybridized carbons (Fsp3) is 0.545. The average Bonchev–Trinajstić information content (AvgIpc) is 3.69. The van der Waals surface area contributed by atoms with Crippen LogP contribution in [0.3, 0.4) is 0 Å². The minimum absolute atomic E-state index is 0.0223. The van der Waals surface area contributed by atoms with Gasteiger partial charge in [-0.2, -0.15) is 0 Å². The van der Waals surface area contributed by atoms with Crippen molar-refractivity contribution in [3.63, 3.8) is 0 Å². The highest BCUT2D eigenvalue weighted by atomic mass is 35.5. The second-order valence-electron chi connectivity index (χ2n) is 13.8. The zero-order valence-electron chi connectivity index (χ0n) is 25.9. The topological polar surface area (TPSA) is 142 Å². The summed E-state index contributed by atoms with van der Waals surface area (Å²) in [6.45, 7) is 7.59. The number of allylic oxidation sites excluding steroid dienone is 1. The van der Waals surface area contributed by atoms with Crippen molar-refractivity contribution in [2.45, 2.75) is 101 Å². The van der Waals surface area contributed by atoms with E-state index in [2.05, 4.69) is 51.6 Å². The normalized spacial score (nSPS) is 30.1. The maximum absolute atomic E-state index is 16.8. The second kappa shape index (κ2) is 12.5. The molecule has 2 aliphatic heterocycles. The molecular weight excluding hydrogens is 634 g/mol. The van der Waals surface area contributed by atoms with E-state index in [1.165, 1.54) is 12.3 Å². The van der Waals surface area contributed by atoms with Crippen LogP contribution in [0.2, 0.25) is 5.02 Å². The molecule has 46 heavy (non-hydrogen) atoms. The lowest BCUT2D eigenvalue weighted by Gasteiger charge is -2.50. The van der Waals surface area contributed by atoms with Crippen LogP contribution in [0.5, 0.6) is 0 Å². The van der Waals surface area contributed by atoms with E-state index in [0.29, 0.717) is 60.7 Å². The summed E-state index contributed by atoms with van der Waals surface area (Å²) in [7, 11) is 0. The number of carbonyl (C=O) groups excluding carboxylic acids is 2. The summed E-state index contributed by atoms with van der Waals surface area (Å²) in [6, 6.07) is 3.95. The molecule has 0 radical (unpaired) electrons. The van der Waals surface area contributed by atoms with Crippen molar-refractivity contribution in [3.05, 3.63) is 64.2 Å². The number of aliphatic hydroxyl groups excluding tert-OH is 1. The first-order valence-corrected chi connectivity index (χ1v) is 16.5. The van der Waals surface area contributed by atoms with Crippen molar-refractivity contribution in [1.29, 1.82) is 0 Å². The highest BCUT2D eigenvalue weighted by molar-refractivity contribution is 6.31. The van der Waals surface area contributed by atoms with Crippen LogP contribution in [0.4, 0.5) is 10.1 Å². The Morgan fingerprint density at radius 1 is 1.22 bits per heavy atom. The van der Waals surface area contributed by atoms with Gasteiger partial charge >= 0.3 is 0 Å². The number of hydrogen-bond donors (Lipinski definition) is 4. The van der Waals surface area contributed by atoms with Crippen LogP contribution in [-0.4, -0.2) is 51.0 Å². The van der Waals surface area contributed by atoms with Crippen molar-refractivity contribution < 1.29 is 23.5 Å². The maximum Gasteiger partial charge on any atom is 0.241 e. The summed E-state index contributed by atoms with van der Waals surface area (Å²) in [5, 5.41) is 27.4. The fourth-order valence-corrected chi connectivity index (χ4v) is 8.40. The van der Waals surface area contributed by atoms with E-state index < -0.39 is 28.7 Å². The number of benzene rings is 1. The van der Waals surface area contributed by atoms with Crippen LogP contribution in [0, 0.1) is 11.3 Å². The van der Waals surface area contributed by atoms with Crippen LogP contribution in [0.1, 0.15) is 88.5 Å². The number of rotatable bonds is 7. The van der Waals surface area contributed by atoms with Gasteiger partial charge in [-0.1, -0.05) is 49.7 Å². The Labute approximate surface area is 277 Å². The third-order valence-electron chi connectivity index (χ3n) is 10.5. The largest absolute Gasteiger partial charge is 0.422 e. The molecule has 1 aromatic heterocycles. The van der Waals surface area contributed by atoms with E-state index in [9.17, 15) is 14.7 Å². The zero-order chi connectivity index (χ0) is 32.9. The summed E-state index contributed by atoms with van der Waals surface area (Å²) < 4.78 is 22.3. The van der Waals surface area contributed by atoms with Crippen LogP contribution in [-0.2, 0) is 21.6 Å². The standard InChI is InChI=1S/C33H39Cl2FN6O4/c1-18(34)37-15-10-23(36)26-27(28(44)38-21-7-4-19(5-8-21)29-42-41-25(17-43)46-29)40-32(13-11-31(2,3)12-14-32)33(26)22-9-6-20(35)16-24(22)39-30(33)45/h6,9-10,15-16,19,21,26-27,40,43H,1,4-5,7-8,11-14,17H2,2-3H3,(H,38,44)(H,39,45)/b23-10-,37-15?/t19?,21?,26-,27+,33+/m0/s1. The predicted molar refractivity (Wildman–Crippen MR) is 173 cm³/mol. The molecule has 13 heteroatoms. The molecule has 0 unspecified atom stereocenters. The number of anilines is 1. The number of aromatic nitrogens is 2. The van der Waals surface area contributed by atoms with Crippen LogP contribution in [0.15, 0.2) is 51.2 Å². The number of nitrogens with one attached hydrogen (secondary N) is 3. The SMILES string of the molecule is C=C(Cl)N=C/C=C(\F)[C@H]1[C@H](C(=O)NC2CCC(c3nnc(CO)o3)CC2)NC2(CCC(C)(C)CC2)[C@@]12C(=O)Nc1cc(Cl)ccc12. The highest BCUT2D eigenvalue weighted by Gasteiger charge is 2.73. The molecule has 2 spiro atoms. The molecule has 2 aromatic rings. The number of aliphatic imine (C=N–C) groups is 1. The minimum atomic E-state index is -1.43. The molecule has 1 saturated heterocycles. The lowest BCUT2D eigenvalue weighted by molar-refractivity contribution is -0.126. The van der Waals surface area contributed by atoms with Gasteiger partial charge < -0.3 is 20.2 Å². The van der Waals surface area contributed by atoms with Gasteiger partial charge in [0.25, 0.3) is 0 Å². The van der Waals surface area contributed by atoms with E-state index in [4.69, 9.17) is 27.6 Å². The van der Waals surface area contributed by atoms with E-state index >= 15 is 4.39 Å². The fourth-order valence-electron chi connectivity index (χ4n) is 8.17. The molecule has 2 amide bonds. The Morgan fingerprint density at radius 2 is 1.93 bits per heavy atom. The van der Waals surface area contributed by atoms with Gasteiger partial charge in [0.1, 0.15) is 23.0 Å². The number of halogens is 3. The summed E-state index contributed by atoms with van der Waals surface area (Å²) in [5.41, 5.74) is -1.17. The molecule has 3 heterocycles. The van der Waals surface area contributed by atoms with E-state index in [1.54, 1.807) is 18.2 Å². The highest BCUT2D eigenvalue weighted by Crippen LogP contribution is 2.62. The van der Waals surface area contributed by atoms with Crippen LogP contribution < -0.4 is 16.0 Å². The maximum atomic E-state index is 16.8. The summed E-state index contributed by atoms with van der Waals surface area (Å²) in [5.74, 6) is -1.89. The number of aliphatic hydroxyl groups is 1. The second-order valence-corrected chi connectivity index (χ2v) is 14.6. The molecule has 2 saturated carbocycles. The monoisotopic (exact) mass is 672 g/mol. The molecule has 4 aliphatic rings. The molecule has 10 nitrogen and oxygen atoms in total. The molecule has 1 aromatic carbocycles. The minimum Gasteiger partial charge on any atom is -0.422 e. The van der Waals surface area contributed by atoms with E-state index in [-0.39, 0.29) is 46.8 Å². The molecular formula is C33H39Cl2FN6O4. The van der Waals surface area contributed by atoms with E-state index in [1.807, 2.05) is 0 Å². The summed E-state index contributed by atoms with van der Waals surface area (Å²) in [6.07, 6.45) is 7.80. The lowest BCUT2D eigenvalue weighted by Crippen LogP contribution is -2.61. The van der Waals surface area contributed by atoms with Gasteiger partial charge in [-0.25, -0.2) is 9.38 Å². The third-order valence-corrected chi connectivity index (χ3v) is 10.9. The molecule has 6 rings (SSSR count). The van der Waals surface area contributed by atoms with Gasteiger partial charge in [0.05, 0.1) is 12.0 Å². The van der Waals surface area contributed by atoms with Crippen molar-refractivity contribution >= 4 is 46.9 Å². The molecule has 246 valence electrons. The quantitative estimate of drug-likeness (QED) is 0.215. The molecule has 0 bridgehead atoms. The van der Waals surface area contributed by atoms with Gasteiger partial charge in [0, 0.05) is 34.4 Å². The van der Waals surface area contributed by atoms with Crippen LogP contribution >= 0.6 is 23.2 Å². The first-order chi connectivity index (χ1) is 21.9. The Kier molecular flexibility index (Phi) is 8.90. The Balaban J connectivity index is 1.36. The van der Waals surface area contributed by atoms with Gasteiger partial charge in [-0.3, -0.25) is 14.9 Å².